The van der Waals surface area contributed by atoms with E-state index < -0.39 is 22.6 Å². The van der Waals surface area contributed by atoms with E-state index in [1.807, 2.05) is 0 Å². The molecule has 8 nitrogen and oxygen atoms in total. The van der Waals surface area contributed by atoms with Gasteiger partial charge in [-0.25, -0.2) is 9.40 Å². The predicted octanol–water partition coefficient (Wildman–Crippen LogP) is 2.26. The molecule has 1 saturated heterocycles. The lowest BCUT2D eigenvalue weighted by atomic mass is 10.1. The van der Waals surface area contributed by atoms with Crippen LogP contribution in [0.4, 0.5) is 21.5 Å². The lowest BCUT2D eigenvalue weighted by molar-refractivity contribution is -0.384. The zero-order chi connectivity index (χ0) is 19.7. The number of hydrogen-bond donors (Lipinski definition) is 1. The number of anilines is 2. The first-order valence-electron chi connectivity index (χ1n) is 7.86. The molecule has 1 aliphatic rings. The van der Waals surface area contributed by atoms with Crippen molar-refractivity contribution in [2.24, 2.45) is 0 Å². The van der Waals surface area contributed by atoms with Crippen molar-refractivity contribution >= 4 is 35.0 Å². The third-order valence-corrected chi connectivity index (χ3v) is 3.98. The molecule has 0 saturated carbocycles. The van der Waals surface area contributed by atoms with E-state index in [0.29, 0.717) is 16.9 Å². The van der Waals surface area contributed by atoms with Crippen LogP contribution >= 0.6 is 0 Å². The van der Waals surface area contributed by atoms with Crippen molar-refractivity contribution in [3.8, 4) is 0 Å². The Hall–Kier alpha value is -3.75. The fourth-order valence-corrected chi connectivity index (χ4v) is 2.66. The van der Waals surface area contributed by atoms with E-state index in [2.05, 4.69) is 5.43 Å². The first-order chi connectivity index (χ1) is 12.8. The quantitative estimate of drug-likeness (QED) is 0.385. The Bertz CT molecular complexity index is 970. The highest BCUT2D eigenvalue weighted by atomic mass is 19.1. The number of benzene rings is 2. The van der Waals surface area contributed by atoms with Gasteiger partial charge in [-0.1, -0.05) is 0 Å². The molecule has 0 spiro atoms. The van der Waals surface area contributed by atoms with Gasteiger partial charge >= 0.3 is 0 Å². The molecule has 2 aromatic rings. The second-order valence-electron chi connectivity index (χ2n) is 6.01. The normalized spacial score (nSPS) is 15.2. The number of carbonyl (C=O) groups is 2. The molecule has 138 valence electrons. The van der Waals surface area contributed by atoms with Crippen LogP contribution in [0.1, 0.15) is 5.56 Å². The van der Waals surface area contributed by atoms with Crippen LogP contribution in [-0.4, -0.2) is 30.8 Å². The molecule has 0 aliphatic carbocycles. The van der Waals surface area contributed by atoms with E-state index in [1.165, 1.54) is 42.5 Å². The minimum atomic E-state index is -0.652. The molecule has 0 aromatic heterocycles. The smallest absolute Gasteiger partial charge is 0.282 e. The monoisotopic (exact) mass is 370 g/mol. The first kappa shape index (κ1) is 18.1. The average molecular weight is 370 g/mol. The van der Waals surface area contributed by atoms with Crippen molar-refractivity contribution in [1.82, 2.24) is 5.43 Å². The second-order valence-corrected chi connectivity index (χ2v) is 6.01. The fraction of sp³-hybridized carbons (Fsp3) is 0.111. The van der Waals surface area contributed by atoms with Gasteiger partial charge in [-0.15, -0.1) is 0 Å². The zero-order valence-corrected chi connectivity index (χ0v) is 14.5. The van der Waals surface area contributed by atoms with E-state index in [1.54, 1.807) is 25.1 Å². The second kappa shape index (κ2) is 6.87. The number of nitrogens with one attached hydrogen (secondary N) is 1. The third-order valence-electron chi connectivity index (χ3n) is 3.98. The molecular weight excluding hydrogens is 355 g/mol. The highest BCUT2D eigenvalue weighted by Crippen LogP contribution is 2.28. The topological polar surface area (TPSA) is 95.8 Å². The van der Waals surface area contributed by atoms with Gasteiger partial charge in [0.15, 0.2) is 0 Å². The molecule has 0 bridgehead atoms. The van der Waals surface area contributed by atoms with Crippen LogP contribution in [0.15, 0.2) is 48.0 Å². The summed E-state index contributed by atoms with van der Waals surface area (Å²) in [5.41, 5.74) is 3.32. The summed E-state index contributed by atoms with van der Waals surface area (Å²) in [6, 6.07) is 9.23. The molecular formula is C18H15FN4O4. The van der Waals surface area contributed by atoms with E-state index in [0.717, 1.165) is 5.01 Å². The minimum Gasteiger partial charge on any atom is -0.377 e. The lowest BCUT2D eigenvalue weighted by Gasteiger charge is -2.15. The van der Waals surface area contributed by atoms with Crippen LogP contribution in [0.2, 0.25) is 0 Å². The molecule has 1 fully saturated rings. The van der Waals surface area contributed by atoms with Crippen molar-refractivity contribution < 1.29 is 18.9 Å². The van der Waals surface area contributed by atoms with E-state index >= 15 is 0 Å². The summed E-state index contributed by atoms with van der Waals surface area (Å²) < 4.78 is 13.1. The number of non-ortho nitro benzene ring substituents is 1. The molecule has 3 rings (SSSR count). The van der Waals surface area contributed by atoms with Crippen molar-refractivity contribution in [3.63, 3.8) is 0 Å². The molecule has 0 radical (unpaired) electrons. The van der Waals surface area contributed by atoms with Crippen LogP contribution in [0.3, 0.4) is 0 Å². The summed E-state index contributed by atoms with van der Waals surface area (Å²) >= 11 is 0. The SMILES string of the molecule is CN(C)c1ccc([N+](=O)[O-])cc1C=C1C(=O)NN(c2ccc(F)cc2)C1=O. The maximum absolute atomic E-state index is 13.1. The molecule has 2 aromatic carbocycles. The largest absolute Gasteiger partial charge is 0.377 e. The van der Waals surface area contributed by atoms with Gasteiger partial charge in [0.1, 0.15) is 11.4 Å². The summed E-state index contributed by atoms with van der Waals surface area (Å²) in [6.45, 7) is 0. The third kappa shape index (κ3) is 3.47. The fourth-order valence-electron chi connectivity index (χ4n) is 2.66. The molecule has 0 unspecified atom stereocenters. The molecule has 2 amide bonds. The predicted molar refractivity (Wildman–Crippen MR) is 97.4 cm³/mol. The van der Waals surface area contributed by atoms with Gasteiger partial charge in [-0.05, 0) is 36.4 Å². The molecule has 1 heterocycles. The van der Waals surface area contributed by atoms with Crippen molar-refractivity contribution in [2.75, 3.05) is 24.0 Å². The maximum Gasteiger partial charge on any atom is 0.282 e. The number of hydrazine groups is 1. The Balaban J connectivity index is 2.03. The van der Waals surface area contributed by atoms with Gasteiger partial charge in [0.2, 0.25) is 0 Å². The van der Waals surface area contributed by atoms with Gasteiger partial charge in [-0.2, -0.15) is 0 Å². The number of carbonyl (C=O) groups excluding carboxylic acids is 2. The first-order valence-corrected chi connectivity index (χ1v) is 7.86. The van der Waals surface area contributed by atoms with E-state index in [-0.39, 0.29) is 11.3 Å². The number of halogens is 1. The standard InChI is InChI=1S/C18H15FN4O4/c1-21(2)16-8-7-14(23(26)27)9-11(16)10-15-17(24)20-22(18(15)25)13-5-3-12(19)4-6-13/h3-10H,1-2H3,(H,20,24). The Labute approximate surface area is 153 Å². The van der Waals surface area contributed by atoms with Crippen LogP contribution in [-0.2, 0) is 9.59 Å². The number of nitro benzene ring substituents is 1. The Morgan fingerprint density at radius 3 is 2.41 bits per heavy atom. The summed E-state index contributed by atoms with van der Waals surface area (Å²) in [4.78, 5) is 37.1. The Kier molecular flexibility index (Phi) is 4.59. The van der Waals surface area contributed by atoms with Crippen molar-refractivity contribution in [2.45, 2.75) is 0 Å². The molecule has 1 N–H and O–H groups in total. The molecule has 1 aliphatic heterocycles. The van der Waals surface area contributed by atoms with Crippen LogP contribution in [0.25, 0.3) is 6.08 Å². The van der Waals surface area contributed by atoms with Gasteiger partial charge in [0, 0.05) is 37.5 Å². The van der Waals surface area contributed by atoms with Crippen molar-refractivity contribution in [1.29, 1.82) is 0 Å². The van der Waals surface area contributed by atoms with Crippen LogP contribution in [0.5, 0.6) is 0 Å². The van der Waals surface area contributed by atoms with E-state index in [9.17, 15) is 24.1 Å². The maximum atomic E-state index is 13.1. The number of nitrogens with zero attached hydrogens (tertiary/aromatic N) is 3. The number of hydrogen-bond acceptors (Lipinski definition) is 5. The van der Waals surface area contributed by atoms with Gasteiger partial charge in [0.25, 0.3) is 17.5 Å². The Morgan fingerprint density at radius 2 is 1.81 bits per heavy atom. The van der Waals surface area contributed by atoms with Gasteiger partial charge in [-0.3, -0.25) is 25.1 Å². The lowest BCUT2D eigenvalue weighted by Crippen LogP contribution is -2.35. The molecule has 27 heavy (non-hydrogen) atoms. The molecule has 9 heteroatoms. The highest BCUT2D eigenvalue weighted by molar-refractivity contribution is 6.31. The average Bonchev–Trinajstić information content (AvgIpc) is 2.90. The zero-order valence-electron chi connectivity index (χ0n) is 14.5. The summed E-state index contributed by atoms with van der Waals surface area (Å²) in [6.07, 6.45) is 1.31. The number of rotatable bonds is 4. The van der Waals surface area contributed by atoms with Crippen LogP contribution < -0.4 is 15.3 Å². The minimum absolute atomic E-state index is 0.159. The Morgan fingerprint density at radius 1 is 1.15 bits per heavy atom. The summed E-state index contributed by atoms with van der Waals surface area (Å²) in [7, 11) is 3.48. The van der Waals surface area contributed by atoms with E-state index in [4.69, 9.17) is 0 Å². The van der Waals surface area contributed by atoms with Crippen molar-refractivity contribution in [3.05, 3.63) is 69.5 Å². The highest BCUT2D eigenvalue weighted by Gasteiger charge is 2.34. The summed E-state index contributed by atoms with van der Waals surface area (Å²) in [5.74, 6) is -1.76. The van der Waals surface area contributed by atoms with Gasteiger partial charge < -0.3 is 4.90 Å². The van der Waals surface area contributed by atoms with Gasteiger partial charge in [0.05, 0.1) is 10.6 Å². The summed E-state index contributed by atoms with van der Waals surface area (Å²) in [5, 5.41) is 12.1. The number of nitro groups is 1. The molecule has 0 atom stereocenters. The number of amides is 2. The van der Waals surface area contributed by atoms with Crippen LogP contribution in [0, 0.1) is 15.9 Å².